The van der Waals surface area contributed by atoms with Crippen LogP contribution in [0.5, 0.6) is 0 Å². The summed E-state index contributed by atoms with van der Waals surface area (Å²) in [4.78, 5) is 40.5. The first-order chi connectivity index (χ1) is 12.4. The summed E-state index contributed by atoms with van der Waals surface area (Å²) in [5.74, 6) is -0.0871. The molecule has 0 fully saturated rings. The third kappa shape index (κ3) is 3.57. The molecule has 0 spiro atoms. The molecule has 2 heterocycles. The van der Waals surface area contributed by atoms with Crippen LogP contribution in [-0.2, 0) is 25.4 Å². The minimum atomic E-state index is -0.412. The van der Waals surface area contributed by atoms with E-state index in [4.69, 9.17) is 0 Å². The number of fused-ring (bicyclic) bond motifs is 1. The van der Waals surface area contributed by atoms with Gasteiger partial charge >= 0.3 is 5.69 Å². The van der Waals surface area contributed by atoms with Crippen LogP contribution in [0.25, 0.3) is 11.2 Å². The summed E-state index contributed by atoms with van der Waals surface area (Å²) in [5.41, 5.74) is 0.676. The average Bonchev–Trinajstić information content (AvgIpc) is 3.04. The van der Waals surface area contributed by atoms with Gasteiger partial charge in [0, 0.05) is 36.3 Å². The number of hydrogen-bond donors (Lipinski definition) is 1. The number of amides is 1. The first-order valence-corrected chi connectivity index (χ1v) is 9.12. The molecule has 9 heteroatoms. The summed E-state index contributed by atoms with van der Waals surface area (Å²) in [7, 11) is 3.02. The first-order valence-electron chi connectivity index (χ1n) is 8.04. The minimum Gasteiger partial charge on any atom is -0.326 e. The molecule has 3 rings (SSSR count). The van der Waals surface area contributed by atoms with Gasteiger partial charge in [0.25, 0.3) is 5.56 Å². The van der Waals surface area contributed by atoms with E-state index in [2.05, 4.69) is 32.9 Å². The van der Waals surface area contributed by atoms with Crippen molar-refractivity contribution < 1.29 is 4.79 Å². The average molecular weight is 467 g/mol. The summed E-state index contributed by atoms with van der Waals surface area (Å²) in [6.45, 7) is 0.462. The fourth-order valence-corrected chi connectivity index (χ4v) is 3.09. The van der Waals surface area contributed by atoms with E-state index in [9.17, 15) is 14.4 Å². The van der Waals surface area contributed by atoms with Gasteiger partial charge in [-0.3, -0.25) is 18.7 Å². The number of hydrogen-bond acceptors (Lipinski definition) is 4. The van der Waals surface area contributed by atoms with Gasteiger partial charge in [-0.1, -0.05) is 0 Å². The number of anilines is 1. The zero-order chi connectivity index (χ0) is 18.8. The Labute approximate surface area is 162 Å². The summed E-state index contributed by atoms with van der Waals surface area (Å²) >= 11 is 2.20. The lowest BCUT2D eigenvalue weighted by atomic mass is 10.2. The fourth-order valence-electron chi connectivity index (χ4n) is 2.73. The zero-order valence-corrected chi connectivity index (χ0v) is 16.6. The Morgan fingerprint density at radius 1 is 1.15 bits per heavy atom. The number of carbonyl (C=O) groups excluding carboxylic acids is 1. The molecular weight excluding hydrogens is 449 g/mol. The van der Waals surface area contributed by atoms with E-state index in [0.717, 1.165) is 13.8 Å². The molecule has 26 heavy (non-hydrogen) atoms. The second-order valence-corrected chi connectivity index (χ2v) is 7.22. The smallest absolute Gasteiger partial charge is 0.326 e. The third-order valence-corrected chi connectivity index (χ3v) is 4.87. The number of imidazole rings is 1. The Balaban J connectivity index is 1.69. The van der Waals surface area contributed by atoms with Crippen LogP contribution in [0, 0.1) is 3.57 Å². The van der Waals surface area contributed by atoms with E-state index in [1.165, 1.54) is 17.9 Å². The van der Waals surface area contributed by atoms with Crippen molar-refractivity contribution in [1.82, 2.24) is 18.7 Å². The minimum absolute atomic E-state index is 0.0871. The largest absolute Gasteiger partial charge is 0.332 e. The van der Waals surface area contributed by atoms with Gasteiger partial charge in [0.15, 0.2) is 11.2 Å². The quantitative estimate of drug-likeness (QED) is 0.576. The van der Waals surface area contributed by atoms with Gasteiger partial charge in [0.05, 0.1) is 6.33 Å². The lowest BCUT2D eigenvalue weighted by Crippen LogP contribution is -2.37. The lowest BCUT2D eigenvalue weighted by molar-refractivity contribution is -0.116. The normalized spacial score (nSPS) is 11.0. The van der Waals surface area contributed by atoms with E-state index < -0.39 is 5.69 Å². The molecule has 0 bridgehead atoms. The highest BCUT2D eigenvalue weighted by molar-refractivity contribution is 14.1. The van der Waals surface area contributed by atoms with Gasteiger partial charge < -0.3 is 9.88 Å². The molecule has 0 aliphatic carbocycles. The number of carbonyl (C=O) groups is 1. The van der Waals surface area contributed by atoms with Crippen LogP contribution in [0.15, 0.2) is 40.2 Å². The van der Waals surface area contributed by atoms with E-state index >= 15 is 0 Å². The molecule has 0 saturated heterocycles. The molecule has 8 nitrogen and oxygen atoms in total. The maximum Gasteiger partial charge on any atom is 0.332 e. The van der Waals surface area contributed by atoms with Gasteiger partial charge in [0.1, 0.15) is 0 Å². The summed E-state index contributed by atoms with van der Waals surface area (Å²) < 4.78 is 5.19. The number of halogens is 1. The van der Waals surface area contributed by atoms with Crippen molar-refractivity contribution in [3.63, 3.8) is 0 Å². The van der Waals surface area contributed by atoms with Crippen molar-refractivity contribution in [2.75, 3.05) is 5.32 Å². The lowest BCUT2D eigenvalue weighted by Gasteiger charge is -2.07. The van der Waals surface area contributed by atoms with E-state index in [-0.39, 0.29) is 11.5 Å². The number of aryl methyl sites for hydroxylation is 2. The molecule has 0 aliphatic rings. The van der Waals surface area contributed by atoms with Crippen molar-refractivity contribution in [2.24, 2.45) is 14.1 Å². The Morgan fingerprint density at radius 3 is 2.54 bits per heavy atom. The highest BCUT2D eigenvalue weighted by atomic mass is 127. The Bertz CT molecular complexity index is 1080. The topological polar surface area (TPSA) is 90.9 Å². The van der Waals surface area contributed by atoms with Gasteiger partial charge in [-0.05, 0) is 53.3 Å². The molecule has 1 aromatic carbocycles. The maximum atomic E-state index is 12.4. The predicted molar refractivity (Wildman–Crippen MR) is 107 cm³/mol. The first kappa shape index (κ1) is 18.4. The molecule has 0 atom stereocenters. The molecule has 0 unspecified atom stereocenters. The Hall–Kier alpha value is -2.43. The third-order valence-electron chi connectivity index (χ3n) is 4.15. The maximum absolute atomic E-state index is 12.4. The number of aromatic nitrogens is 4. The zero-order valence-electron chi connectivity index (χ0n) is 14.4. The van der Waals surface area contributed by atoms with Gasteiger partial charge in [-0.15, -0.1) is 0 Å². The molecule has 0 saturated carbocycles. The van der Waals surface area contributed by atoms with Crippen molar-refractivity contribution in [2.45, 2.75) is 19.4 Å². The summed E-state index contributed by atoms with van der Waals surface area (Å²) in [6.07, 6.45) is 2.40. The fraction of sp³-hybridized carbons (Fsp3) is 0.294. The summed E-state index contributed by atoms with van der Waals surface area (Å²) in [5, 5.41) is 2.85. The molecule has 1 N–H and O–H groups in total. The van der Waals surface area contributed by atoms with Gasteiger partial charge in [0.2, 0.25) is 5.91 Å². The number of rotatable bonds is 5. The molecule has 1 amide bonds. The predicted octanol–water partition coefficient (Wildman–Crippen LogP) is 1.46. The van der Waals surface area contributed by atoms with Crippen molar-refractivity contribution in [1.29, 1.82) is 0 Å². The van der Waals surface area contributed by atoms with Crippen LogP contribution in [0.2, 0.25) is 0 Å². The van der Waals surface area contributed by atoms with Crippen LogP contribution in [0.1, 0.15) is 12.8 Å². The van der Waals surface area contributed by atoms with Gasteiger partial charge in [-0.25, -0.2) is 9.78 Å². The highest BCUT2D eigenvalue weighted by Crippen LogP contribution is 2.12. The van der Waals surface area contributed by atoms with Crippen LogP contribution < -0.4 is 16.6 Å². The molecule has 3 aromatic rings. The molecule has 0 aliphatic heterocycles. The van der Waals surface area contributed by atoms with E-state index in [1.54, 1.807) is 11.6 Å². The van der Waals surface area contributed by atoms with Crippen molar-refractivity contribution >= 4 is 45.3 Å². The standard InChI is InChI=1S/C17H18IN5O3/c1-21-15-14(16(25)22(2)17(21)26)23(10-19-15)9-3-4-13(24)20-12-7-5-11(18)6-8-12/h5-8,10H,3-4,9H2,1-2H3,(H,20,24). The van der Waals surface area contributed by atoms with Crippen LogP contribution in [0.4, 0.5) is 5.69 Å². The summed E-state index contributed by atoms with van der Waals surface area (Å²) in [6, 6.07) is 7.56. The van der Waals surface area contributed by atoms with Crippen LogP contribution in [0.3, 0.4) is 0 Å². The second kappa shape index (κ2) is 7.44. The van der Waals surface area contributed by atoms with Crippen LogP contribution in [-0.4, -0.2) is 24.6 Å². The SMILES string of the molecule is Cn1c(=O)c2c(ncn2CCCC(=O)Nc2ccc(I)cc2)n(C)c1=O. The van der Waals surface area contributed by atoms with E-state index in [1.807, 2.05) is 24.3 Å². The number of benzene rings is 1. The molecule has 136 valence electrons. The van der Waals surface area contributed by atoms with E-state index in [0.29, 0.717) is 30.6 Å². The molecule has 2 aromatic heterocycles. The van der Waals surface area contributed by atoms with Crippen LogP contribution >= 0.6 is 22.6 Å². The van der Waals surface area contributed by atoms with Crippen molar-refractivity contribution in [3.05, 3.63) is 55.0 Å². The molecule has 0 radical (unpaired) electrons. The van der Waals surface area contributed by atoms with Crippen molar-refractivity contribution in [3.8, 4) is 0 Å². The number of nitrogens with zero attached hydrogens (tertiary/aromatic N) is 4. The van der Waals surface area contributed by atoms with Gasteiger partial charge in [-0.2, -0.15) is 0 Å². The second-order valence-electron chi connectivity index (χ2n) is 5.97. The monoisotopic (exact) mass is 467 g/mol. The number of nitrogens with one attached hydrogen (secondary N) is 1. The Morgan fingerprint density at radius 2 is 1.85 bits per heavy atom. The molecular formula is C17H18IN5O3. The highest BCUT2D eigenvalue weighted by Gasteiger charge is 2.14. The Kier molecular flexibility index (Phi) is 5.25.